The van der Waals surface area contributed by atoms with E-state index in [1.165, 1.54) is 0 Å². The number of rotatable bonds is 4. The average molecular weight is 345 g/mol. The Labute approximate surface area is 148 Å². The van der Waals surface area contributed by atoms with Gasteiger partial charge in [-0.25, -0.2) is 4.79 Å². The van der Waals surface area contributed by atoms with E-state index in [1.807, 2.05) is 49.9 Å². The minimum absolute atomic E-state index is 0.160. The van der Waals surface area contributed by atoms with Gasteiger partial charge in [-0.1, -0.05) is 12.1 Å². The molecule has 1 saturated heterocycles. The summed E-state index contributed by atoms with van der Waals surface area (Å²) in [6.45, 7) is 6.96. The number of carbonyl (C=O) groups excluding carboxylic acids is 1. The van der Waals surface area contributed by atoms with E-state index in [4.69, 9.17) is 9.47 Å². The number of imidazole rings is 1. The molecule has 1 fully saturated rings. The fraction of sp³-hybridized carbons (Fsp3) is 0.579. The van der Waals surface area contributed by atoms with Crippen molar-refractivity contribution in [3.8, 4) is 6.01 Å². The highest BCUT2D eigenvalue weighted by molar-refractivity contribution is 5.75. The van der Waals surface area contributed by atoms with Gasteiger partial charge in [0, 0.05) is 19.0 Å². The zero-order valence-electron chi connectivity index (χ0n) is 15.2. The van der Waals surface area contributed by atoms with Crippen molar-refractivity contribution in [3.05, 3.63) is 24.3 Å². The summed E-state index contributed by atoms with van der Waals surface area (Å²) in [5.74, 6) is 0. The largest absolute Gasteiger partial charge is 0.465 e. The van der Waals surface area contributed by atoms with Crippen molar-refractivity contribution < 1.29 is 14.3 Å². The number of hydrogen-bond donors (Lipinski definition) is 1. The van der Waals surface area contributed by atoms with E-state index < -0.39 is 5.60 Å². The predicted molar refractivity (Wildman–Crippen MR) is 96.8 cm³/mol. The van der Waals surface area contributed by atoms with Crippen LogP contribution in [0.3, 0.4) is 0 Å². The number of ether oxygens (including phenoxy) is 2. The number of benzene rings is 1. The zero-order chi connectivity index (χ0) is 17.9. The molecule has 1 aliphatic rings. The van der Waals surface area contributed by atoms with Gasteiger partial charge in [0.2, 0.25) is 0 Å². The highest BCUT2D eigenvalue weighted by atomic mass is 16.6. The van der Waals surface area contributed by atoms with Crippen molar-refractivity contribution >= 4 is 17.1 Å². The Morgan fingerprint density at radius 1 is 1.32 bits per heavy atom. The number of hydrogen-bond acceptors (Lipinski definition) is 4. The maximum absolute atomic E-state index is 12.4. The first-order valence-electron chi connectivity index (χ1n) is 8.99. The summed E-state index contributed by atoms with van der Waals surface area (Å²) >= 11 is 0. The topological polar surface area (TPSA) is 67.4 Å². The van der Waals surface area contributed by atoms with Crippen molar-refractivity contribution in [1.82, 2.24) is 14.9 Å². The third kappa shape index (κ3) is 4.65. The molecule has 1 aromatic heterocycles. The van der Waals surface area contributed by atoms with E-state index in [9.17, 15) is 4.79 Å². The predicted octanol–water partition coefficient (Wildman–Crippen LogP) is 4.12. The third-order valence-electron chi connectivity index (χ3n) is 4.31. The van der Waals surface area contributed by atoms with Crippen molar-refractivity contribution in [2.24, 2.45) is 0 Å². The molecule has 1 amide bonds. The second kappa shape index (κ2) is 7.33. The monoisotopic (exact) mass is 345 g/mol. The van der Waals surface area contributed by atoms with Crippen LogP contribution in [-0.4, -0.2) is 45.8 Å². The second-order valence-corrected chi connectivity index (χ2v) is 7.52. The van der Waals surface area contributed by atoms with Gasteiger partial charge in [0.25, 0.3) is 6.01 Å². The minimum Gasteiger partial charge on any atom is -0.465 e. The van der Waals surface area contributed by atoms with Crippen LogP contribution in [0.4, 0.5) is 4.79 Å². The molecule has 1 N–H and O–H groups in total. The Morgan fingerprint density at radius 2 is 2.12 bits per heavy atom. The van der Waals surface area contributed by atoms with Crippen LogP contribution in [0.25, 0.3) is 11.0 Å². The number of H-pyrrole nitrogens is 1. The lowest BCUT2D eigenvalue weighted by atomic mass is 10.0. The lowest BCUT2D eigenvalue weighted by Crippen LogP contribution is -2.46. The van der Waals surface area contributed by atoms with Crippen LogP contribution >= 0.6 is 0 Å². The summed E-state index contributed by atoms with van der Waals surface area (Å²) in [5.41, 5.74) is 1.39. The number of para-hydroxylation sites is 2. The van der Waals surface area contributed by atoms with E-state index in [0.717, 1.165) is 43.3 Å². The molecule has 6 nitrogen and oxygen atoms in total. The van der Waals surface area contributed by atoms with Crippen molar-refractivity contribution in [2.45, 2.75) is 58.1 Å². The van der Waals surface area contributed by atoms with Crippen LogP contribution in [0, 0.1) is 0 Å². The minimum atomic E-state index is -0.468. The molecule has 0 bridgehead atoms. The lowest BCUT2D eigenvalue weighted by Gasteiger charge is -2.36. The molecule has 2 aromatic rings. The summed E-state index contributed by atoms with van der Waals surface area (Å²) in [6, 6.07) is 8.53. The summed E-state index contributed by atoms with van der Waals surface area (Å²) in [4.78, 5) is 21.9. The first-order chi connectivity index (χ1) is 11.9. The molecule has 0 saturated carbocycles. The Kier molecular flexibility index (Phi) is 5.16. The molecule has 1 aliphatic heterocycles. The van der Waals surface area contributed by atoms with Gasteiger partial charge in [-0.3, -0.25) is 0 Å². The Morgan fingerprint density at radius 3 is 2.88 bits per heavy atom. The van der Waals surface area contributed by atoms with Gasteiger partial charge < -0.3 is 19.4 Å². The van der Waals surface area contributed by atoms with Gasteiger partial charge in [-0.15, -0.1) is 0 Å². The van der Waals surface area contributed by atoms with Crippen LogP contribution in [0.15, 0.2) is 24.3 Å². The quantitative estimate of drug-likeness (QED) is 0.905. The molecule has 3 rings (SSSR count). The van der Waals surface area contributed by atoms with E-state index >= 15 is 0 Å². The van der Waals surface area contributed by atoms with E-state index in [0.29, 0.717) is 12.6 Å². The summed E-state index contributed by atoms with van der Waals surface area (Å²) in [7, 11) is 0. The zero-order valence-corrected chi connectivity index (χ0v) is 15.2. The normalized spacial score (nSPS) is 18.4. The van der Waals surface area contributed by atoms with Crippen LogP contribution in [0.1, 0.15) is 46.5 Å². The number of amides is 1. The molecule has 1 aromatic carbocycles. The SMILES string of the molecule is CC(C)(C)OC(=O)N1CCCC[C@H]1CCOc1nc2ccccc2[nH]1. The number of aromatic nitrogens is 2. The van der Waals surface area contributed by atoms with Gasteiger partial charge in [-0.05, 0) is 52.2 Å². The van der Waals surface area contributed by atoms with Gasteiger partial charge in [0.15, 0.2) is 0 Å². The van der Waals surface area contributed by atoms with Gasteiger partial charge >= 0.3 is 6.09 Å². The third-order valence-corrected chi connectivity index (χ3v) is 4.31. The van der Waals surface area contributed by atoms with Crippen LogP contribution in [0.5, 0.6) is 6.01 Å². The van der Waals surface area contributed by atoms with Crippen molar-refractivity contribution in [2.75, 3.05) is 13.2 Å². The number of likely N-dealkylation sites (tertiary alicyclic amines) is 1. The van der Waals surface area contributed by atoms with Crippen molar-refractivity contribution in [3.63, 3.8) is 0 Å². The van der Waals surface area contributed by atoms with Gasteiger partial charge in [0.05, 0.1) is 17.6 Å². The molecule has 0 unspecified atom stereocenters. The molecule has 6 heteroatoms. The van der Waals surface area contributed by atoms with E-state index in [2.05, 4.69) is 9.97 Å². The standard InChI is InChI=1S/C19H27N3O3/c1-19(2,3)25-18(23)22-12-7-6-8-14(22)11-13-24-17-20-15-9-4-5-10-16(15)21-17/h4-5,9-10,14H,6-8,11-13H2,1-3H3,(H,20,21)/t14-/m0/s1. The van der Waals surface area contributed by atoms with Crippen molar-refractivity contribution in [1.29, 1.82) is 0 Å². The van der Waals surface area contributed by atoms with Gasteiger partial charge in [0.1, 0.15) is 5.60 Å². The highest BCUT2D eigenvalue weighted by Gasteiger charge is 2.30. The number of piperidine rings is 1. The van der Waals surface area contributed by atoms with E-state index in [1.54, 1.807) is 0 Å². The Hall–Kier alpha value is -2.24. The molecule has 25 heavy (non-hydrogen) atoms. The number of nitrogens with one attached hydrogen (secondary N) is 1. The molecule has 1 atom stereocenters. The van der Waals surface area contributed by atoms with Crippen LogP contribution in [0.2, 0.25) is 0 Å². The summed E-state index contributed by atoms with van der Waals surface area (Å²) < 4.78 is 11.3. The van der Waals surface area contributed by atoms with E-state index in [-0.39, 0.29) is 12.1 Å². The number of carbonyl (C=O) groups is 1. The molecule has 2 heterocycles. The smallest absolute Gasteiger partial charge is 0.410 e. The Balaban J connectivity index is 1.55. The number of fused-ring (bicyclic) bond motifs is 1. The molecule has 0 aliphatic carbocycles. The number of aromatic amines is 1. The Bertz CT molecular complexity index is 687. The molecule has 0 radical (unpaired) electrons. The second-order valence-electron chi connectivity index (χ2n) is 7.52. The maximum Gasteiger partial charge on any atom is 0.410 e. The molecular formula is C19H27N3O3. The maximum atomic E-state index is 12.4. The molecular weight excluding hydrogens is 318 g/mol. The fourth-order valence-corrected chi connectivity index (χ4v) is 3.15. The fourth-order valence-electron chi connectivity index (χ4n) is 3.15. The lowest BCUT2D eigenvalue weighted by molar-refractivity contribution is 0.00734. The van der Waals surface area contributed by atoms with Gasteiger partial charge in [-0.2, -0.15) is 4.98 Å². The average Bonchev–Trinajstić information content (AvgIpc) is 2.96. The molecule has 136 valence electrons. The number of nitrogens with zero attached hydrogens (tertiary/aromatic N) is 2. The summed E-state index contributed by atoms with van der Waals surface area (Å²) in [6.07, 6.45) is 3.70. The molecule has 0 spiro atoms. The summed E-state index contributed by atoms with van der Waals surface area (Å²) in [5, 5.41) is 0. The van der Waals surface area contributed by atoms with Crippen LogP contribution in [-0.2, 0) is 4.74 Å². The first-order valence-corrected chi connectivity index (χ1v) is 8.99. The first kappa shape index (κ1) is 17.6. The van der Waals surface area contributed by atoms with Crippen LogP contribution < -0.4 is 4.74 Å². The highest BCUT2D eigenvalue weighted by Crippen LogP contribution is 2.23.